The number of nitrogens with zero attached hydrogens (tertiary/aromatic N) is 2. The van der Waals surface area contributed by atoms with Crippen LogP contribution in [0, 0.1) is 6.92 Å². The summed E-state index contributed by atoms with van der Waals surface area (Å²) < 4.78 is 1.68. The Morgan fingerprint density at radius 1 is 1.69 bits per heavy atom. The molecule has 1 aliphatic carbocycles. The summed E-state index contributed by atoms with van der Waals surface area (Å²) in [5.74, 6) is -0.723. The molecule has 4 nitrogen and oxygen atoms in total. The summed E-state index contributed by atoms with van der Waals surface area (Å²) in [6.07, 6.45) is 3.20. The van der Waals surface area contributed by atoms with E-state index < -0.39 is 11.4 Å². The topological polar surface area (TPSA) is 55.1 Å². The first kappa shape index (κ1) is 8.29. The lowest BCUT2D eigenvalue weighted by Crippen LogP contribution is -2.23. The van der Waals surface area contributed by atoms with Crippen molar-refractivity contribution < 1.29 is 9.90 Å². The van der Waals surface area contributed by atoms with Crippen LogP contribution < -0.4 is 0 Å². The van der Waals surface area contributed by atoms with Gasteiger partial charge in [0.2, 0.25) is 0 Å². The average molecular weight is 180 g/mol. The predicted octanol–water partition coefficient (Wildman–Crippen LogP) is 0.845. The molecule has 0 bridgehead atoms. The van der Waals surface area contributed by atoms with E-state index in [0.717, 1.165) is 24.1 Å². The van der Waals surface area contributed by atoms with Crippen molar-refractivity contribution in [1.29, 1.82) is 0 Å². The van der Waals surface area contributed by atoms with Crippen LogP contribution in [0.4, 0.5) is 0 Å². The number of carbonyl (C=O) groups is 1. The number of aryl methyl sites for hydroxylation is 2. The highest BCUT2D eigenvalue weighted by Gasteiger charge is 2.54. The van der Waals surface area contributed by atoms with Gasteiger partial charge in [0, 0.05) is 7.05 Å². The smallest absolute Gasteiger partial charge is 0.315 e. The number of hydrogen-bond donors (Lipinski definition) is 1. The molecule has 0 spiro atoms. The van der Waals surface area contributed by atoms with E-state index >= 15 is 0 Å². The molecule has 1 N–H and O–H groups in total. The summed E-state index contributed by atoms with van der Waals surface area (Å²) in [5.41, 5.74) is 1.21. The SMILES string of the molecule is Cc1cnn(C)c1C1(C(=O)O)CC1. The number of carboxylic acid groups (broad SMARTS) is 1. The van der Waals surface area contributed by atoms with Crippen LogP contribution in [0.15, 0.2) is 6.20 Å². The van der Waals surface area contributed by atoms with Crippen molar-refractivity contribution in [3.05, 3.63) is 17.5 Å². The molecule has 1 fully saturated rings. The largest absolute Gasteiger partial charge is 0.481 e. The Balaban J connectivity index is 2.51. The summed E-state index contributed by atoms with van der Waals surface area (Å²) in [5, 5.41) is 13.1. The molecule has 0 atom stereocenters. The van der Waals surface area contributed by atoms with Crippen LogP contribution in [0.25, 0.3) is 0 Å². The fourth-order valence-electron chi connectivity index (χ4n) is 1.91. The number of aliphatic carboxylic acids is 1. The molecular formula is C9H12N2O2. The summed E-state index contributed by atoms with van der Waals surface area (Å²) in [6, 6.07) is 0. The minimum absolute atomic E-state index is 0.630. The second-order valence-electron chi connectivity index (χ2n) is 3.69. The molecule has 1 aromatic heterocycles. The first-order valence-electron chi connectivity index (χ1n) is 4.30. The molecule has 0 aromatic carbocycles. The van der Waals surface area contributed by atoms with Gasteiger partial charge in [0.15, 0.2) is 0 Å². The van der Waals surface area contributed by atoms with Crippen molar-refractivity contribution in [2.75, 3.05) is 0 Å². The van der Waals surface area contributed by atoms with Crippen LogP contribution in [0.3, 0.4) is 0 Å². The van der Waals surface area contributed by atoms with Gasteiger partial charge in [-0.1, -0.05) is 0 Å². The minimum atomic E-state index is -0.723. The highest BCUT2D eigenvalue weighted by Crippen LogP contribution is 2.49. The molecule has 1 heterocycles. The minimum Gasteiger partial charge on any atom is -0.481 e. The zero-order chi connectivity index (χ0) is 9.64. The Bertz CT molecular complexity index is 344. The third-order valence-electron chi connectivity index (χ3n) is 2.73. The summed E-state index contributed by atoms with van der Waals surface area (Å²) in [7, 11) is 1.80. The van der Waals surface area contributed by atoms with Gasteiger partial charge in [-0.15, -0.1) is 0 Å². The van der Waals surface area contributed by atoms with E-state index in [1.165, 1.54) is 0 Å². The van der Waals surface area contributed by atoms with Gasteiger partial charge in [-0.25, -0.2) is 0 Å². The van der Waals surface area contributed by atoms with Crippen molar-refractivity contribution in [3.8, 4) is 0 Å². The number of hydrogen-bond acceptors (Lipinski definition) is 2. The molecule has 0 radical (unpaired) electrons. The maximum absolute atomic E-state index is 11.0. The fraction of sp³-hybridized carbons (Fsp3) is 0.556. The maximum Gasteiger partial charge on any atom is 0.315 e. The highest BCUT2D eigenvalue weighted by molar-refractivity contribution is 5.84. The predicted molar refractivity (Wildman–Crippen MR) is 46.5 cm³/mol. The van der Waals surface area contributed by atoms with Crippen LogP contribution in [0.5, 0.6) is 0 Å². The van der Waals surface area contributed by atoms with Gasteiger partial charge < -0.3 is 5.11 Å². The van der Waals surface area contributed by atoms with E-state index in [2.05, 4.69) is 5.10 Å². The maximum atomic E-state index is 11.0. The monoisotopic (exact) mass is 180 g/mol. The molecule has 1 saturated carbocycles. The third kappa shape index (κ3) is 0.978. The third-order valence-corrected chi connectivity index (χ3v) is 2.73. The zero-order valence-electron chi connectivity index (χ0n) is 7.74. The normalized spacial score (nSPS) is 18.6. The molecule has 0 saturated heterocycles. The van der Waals surface area contributed by atoms with Gasteiger partial charge in [-0.3, -0.25) is 9.48 Å². The fourth-order valence-corrected chi connectivity index (χ4v) is 1.91. The van der Waals surface area contributed by atoms with Gasteiger partial charge in [-0.05, 0) is 25.3 Å². The van der Waals surface area contributed by atoms with Crippen molar-refractivity contribution in [2.45, 2.75) is 25.2 Å². The summed E-state index contributed by atoms with van der Waals surface area (Å²) in [6.45, 7) is 1.91. The van der Waals surface area contributed by atoms with Crippen LogP contribution >= 0.6 is 0 Å². The van der Waals surface area contributed by atoms with Crippen molar-refractivity contribution in [3.63, 3.8) is 0 Å². The number of carboxylic acids is 1. The van der Waals surface area contributed by atoms with E-state index in [-0.39, 0.29) is 0 Å². The molecule has 1 aliphatic rings. The standard InChI is InChI=1S/C9H12N2O2/c1-6-5-10-11(2)7(6)9(3-4-9)8(12)13/h5H,3-4H2,1-2H3,(H,12,13). The lowest BCUT2D eigenvalue weighted by atomic mass is 9.99. The van der Waals surface area contributed by atoms with E-state index in [1.54, 1.807) is 17.9 Å². The Morgan fingerprint density at radius 3 is 2.62 bits per heavy atom. The lowest BCUT2D eigenvalue weighted by Gasteiger charge is -2.11. The van der Waals surface area contributed by atoms with Gasteiger partial charge >= 0.3 is 5.97 Å². The molecule has 13 heavy (non-hydrogen) atoms. The molecular weight excluding hydrogens is 168 g/mol. The molecule has 4 heteroatoms. The van der Waals surface area contributed by atoms with E-state index in [9.17, 15) is 4.79 Å². The first-order valence-corrected chi connectivity index (χ1v) is 4.30. The Morgan fingerprint density at radius 2 is 2.31 bits per heavy atom. The molecule has 0 amide bonds. The summed E-state index contributed by atoms with van der Waals surface area (Å²) >= 11 is 0. The molecule has 1 aromatic rings. The Kier molecular flexibility index (Phi) is 1.49. The molecule has 0 unspecified atom stereocenters. The van der Waals surface area contributed by atoms with Crippen LogP contribution in [0.2, 0.25) is 0 Å². The van der Waals surface area contributed by atoms with E-state index in [0.29, 0.717) is 0 Å². The zero-order valence-corrected chi connectivity index (χ0v) is 7.74. The Labute approximate surface area is 76.2 Å². The first-order chi connectivity index (χ1) is 6.08. The van der Waals surface area contributed by atoms with E-state index in [1.807, 2.05) is 6.92 Å². The number of rotatable bonds is 2. The quantitative estimate of drug-likeness (QED) is 0.733. The van der Waals surface area contributed by atoms with E-state index in [4.69, 9.17) is 5.11 Å². The Hall–Kier alpha value is -1.32. The van der Waals surface area contributed by atoms with Gasteiger partial charge in [-0.2, -0.15) is 5.10 Å². The molecule has 70 valence electrons. The molecule has 2 rings (SSSR count). The molecule has 0 aliphatic heterocycles. The average Bonchev–Trinajstić information content (AvgIpc) is 2.77. The van der Waals surface area contributed by atoms with Gasteiger partial charge in [0.1, 0.15) is 5.41 Å². The summed E-state index contributed by atoms with van der Waals surface area (Å²) in [4.78, 5) is 11.0. The second-order valence-corrected chi connectivity index (χ2v) is 3.69. The van der Waals surface area contributed by atoms with Gasteiger partial charge in [0.25, 0.3) is 0 Å². The highest BCUT2D eigenvalue weighted by atomic mass is 16.4. The van der Waals surface area contributed by atoms with Gasteiger partial charge in [0.05, 0.1) is 11.9 Å². The second kappa shape index (κ2) is 2.34. The van der Waals surface area contributed by atoms with Crippen LogP contribution in [0.1, 0.15) is 24.1 Å². The number of aromatic nitrogens is 2. The lowest BCUT2D eigenvalue weighted by molar-refractivity contribution is -0.140. The van der Waals surface area contributed by atoms with Crippen molar-refractivity contribution >= 4 is 5.97 Å². The van der Waals surface area contributed by atoms with Crippen LogP contribution in [-0.4, -0.2) is 20.9 Å². The van der Waals surface area contributed by atoms with Crippen LogP contribution in [-0.2, 0) is 17.3 Å². The van der Waals surface area contributed by atoms with Crippen molar-refractivity contribution in [2.24, 2.45) is 7.05 Å². The van der Waals surface area contributed by atoms with Crippen molar-refractivity contribution in [1.82, 2.24) is 9.78 Å².